The van der Waals surface area contributed by atoms with Crippen molar-refractivity contribution in [3.63, 3.8) is 0 Å². The summed E-state index contributed by atoms with van der Waals surface area (Å²) >= 11 is 7.99. The van der Waals surface area contributed by atoms with Gasteiger partial charge in [-0.15, -0.1) is 0 Å². The van der Waals surface area contributed by atoms with Crippen molar-refractivity contribution >= 4 is 29.1 Å². The zero-order chi connectivity index (χ0) is 11.4. The van der Waals surface area contributed by atoms with Gasteiger partial charge in [-0.25, -0.2) is 0 Å². The zero-order valence-corrected chi connectivity index (χ0v) is 10.9. The molecule has 0 radical (unpaired) electrons. The SMILES string of the molecule is CCOc1ccc(Cl)cc1NC1CCSC1. The van der Waals surface area contributed by atoms with E-state index in [0.717, 1.165) is 22.2 Å². The molecule has 16 heavy (non-hydrogen) atoms. The molecule has 1 aliphatic rings. The van der Waals surface area contributed by atoms with Crippen molar-refractivity contribution in [2.75, 3.05) is 23.4 Å². The van der Waals surface area contributed by atoms with Gasteiger partial charge in [0, 0.05) is 16.8 Å². The molecular formula is C12H16ClNOS. The van der Waals surface area contributed by atoms with Crippen LogP contribution in [0.15, 0.2) is 18.2 Å². The van der Waals surface area contributed by atoms with Crippen LogP contribution in [0.4, 0.5) is 5.69 Å². The molecule has 1 aromatic rings. The number of anilines is 1. The van der Waals surface area contributed by atoms with Crippen LogP contribution < -0.4 is 10.1 Å². The molecule has 0 amide bonds. The normalized spacial score (nSPS) is 19.8. The number of benzene rings is 1. The van der Waals surface area contributed by atoms with Gasteiger partial charge in [-0.05, 0) is 37.3 Å². The van der Waals surface area contributed by atoms with Gasteiger partial charge in [0.1, 0.15) is 5.75 Å². The first-order valence-electron chi connectivity index (χ1n) is 5.56. The van der Waals surface area contributed by atoms with E-state index in [1.165, 1.54) is 12.2 Å². The van der Waals surface area contributed by atoms with E-state index >= 15 is 0 Å². The molecule has 2 rings (SSSR count). The lowest BCUT2D eigenvalue weighted by Gasteiger charge is -2.16. The Morgan fingerprint density at radius 2 is 2.44 bits per heavy atom. The van der Waals surface area contributed by atoms with Gasteiger partial charge in [-0.2, -0.15) is 11.8 Å². The summed E-state index contributed by atoms with van der Waals surface area (Å²) in [6.45, 7) is 2.67. The summed E-state index contributed by atoms with van der Waals surface area (Å²) in [5.74, 6) is 3.30. The molecule has 1 aromatic carbocycles. The van der Waals surface area contributed by atoms with Crippen LogP contribution in [-0.2, 0) is 0 Å². The average Bonchev–Trinajstić information content (AvgIpc) is 2.75. The second-order valence-corrected chi connectivity index (χ2v) is 5.36. The van der Waals surface area contributed by atoms with Crippen molar-refractivity contribution < 1.29 is 4.74 Å². The summed E-state index contributed by atoms with van der Waals surface area (Å²) in [4.78, 5) is 0. The van der Waals surface area contributed by atoms with Crippen LogP contribution in [0.2, 0.25) is 5.02 Å². The Balaban J connectivity index is 2.12. The van der Waals surface area contributed by atoms with Crippen LogP contribution in [0.1, 0.15) is 13.3 Å². The highest BCUT2D eigenvalue weighted by Gasteiger charge is 2.16. The lowest BCUT2D eigenvalue weighted by molar-refractivity contribution is 0.341. The summed E-state index contributed by atoms with van der Waals surface area (Å²) in [6.07, 6.45) is 1.21. The van der Waals surface area contributed by atoms with E-state index in [4.69, 9.17) is 16.3 Å². The van der Waals surface area contributed by atoms with Gasteiger partial charge < -0.3 is 10.1 Å². The highest BCUT2D eigenvalue weighted by Crippen LogP contribution is 2.30. The third kappa shape index (κ3) is 2.98. The molecule has 88 valence electrons. The Morgan fingerprint density at radius 3 is 3.12 bits per heavy atom. The maximum absolute atomic E-state index is 6.00. The van der Waals surface area contributed by atoms with Gasteiger partial charge in [-0.3, -0.25) is 0 Å². The van der Waals surface area contributed by atoms with Crippen molar-refractivity contribution in [1.82, 2.24) is 0 Å². The first-order valence-corrected chi connectivity index (χ1v) is 7.09. The highest BCUT2D eigenvalue weighted by atomic mass is 35.5. The van der Waals surface area contributed by atoms with E-state index in [9.17, 15) is 0 Å². The molecule has 4 heteroatoms. The van der Waals surface area contributed by atoms with Crippen molar-refractivity contribution in [1.29, 1.82) is 0 Å². The van der Waals surface area contributed by atoms with Crippen LogP contribution >= 0.6 is 23.4 Å². The summed E-state index contributed by atoms with van der Waals surface area (Å²) in [7, 11) is 0. The second-order valence-electron chi connectivity index (χ2n) is 3.78. The van der Waals surface area contributed by atoms with E-state index in [0.29, 0.717) is 12.6 Å². The Bertz CT molecular complexity index is 353. The van der Waals surface area contributed by atoms with Crippen LogP contribution in [0.25, 0.3) is 0 Å². The maximum Gasteiger partial charge on any atom is 0.142 e. The number of halogens is 1. The molecule has 1 unspecified atom stereocenters. The standard InChI is InChI=1S/C12H16ClNOS/c1-2-15-12-4-3-9(13)7-11(12)14-10-5-6-16-8-10/h3-4,7,10,14H,2,5-6,8H2,1H3. The second kappa shape index (κ2) is 5.69. The highest BCUT2D eigenvalue weighted by molar-refractivity contribution is 7.99. The van der Waals surface area contributed by atoms with Crippen molar-refractivity contribution in [2.45, 2.75) is 19.4 Å². The third-order valence-electron chi connectivity index (χ3n) is 2.53. The van der Waals surface area contributed by atoms with E-state index in [2.05, 4.69) is 5.32 Å². The van der Waals surface area contributed by atoms with E-state index in [1.807, 2.05) is 36.9 Å². The molecule has 0 saturated carbocycles. The fourth-order valence-corrected chi connectivity index (χ4v) is 3.09. The largest absolute Gasteiger partial charge is 0.492 e. The predicted octanol–water partition coefficient (Wildman–Crippen LogP) is 3.66. The van der Waals surface area contributed by atoms with Gasteiger partial charge in [-0.1, -0.05) is 11.6 Å². The predicted molar refractivity (Wildman–Crippen MR) is 72.0 cm³/mol. The van der Waals surface area contributed by atoms with Gasteiger partial charge in [0.25, 0.3) is 0 Å². The maximum atomic E-state index is 6.00. The lowest BCUT2D eigenvalue weighted by atomic mass is 10.2. The molecule has 0 aromatic heterocycles. The summed E-state index contributed by atoms with van der Waals surface area (Å²) < 4.78 is 5.57. The smallest absolute Gasteiger partial charge is 0.142 e. The first-order chi connectivity index (χ1) is 7.79. The molecule has 1 fully saturated rings. The molecule has 1 N–H and O–H groups in total. The molecule has 0 spiro atoms. The van der Waals surface area contributed by atoms with Crippen LogP contribution in [-0.4, -0.2) is 24.2 Å². The Labute approximate surface area is 106 Å². The Morgan fingerprint density at radius 1 is 1.56 bits per heavy atom. The zero-order valence-electron chi connectivity index (χ0n) is 9.33. The Hall–Kier alpha value is -0.540. The molecule has 1 saturated heterocycles. The number of rotatable bonds is 4. The van der Waals surface area contributed by atoms with E-state index in [-0.39, 0.29) is 0 Å². The van der Waals surface area contributed by atoms with E-state index < -0.39 is 0 Å². The average molecular weight is 258 g/mol. The van der Waals surface area contributed by atoms with Crippen LogP contribution in [0.5, 0.6) is 5.75 Å². The van der Waals surface area contributed by atoms with E-state index in [1.54, 1.807) is 0 Å². The molecule has 1 heterocycles. The van der Waals surface area contributed by atoms with Crippen molar-refractivity contribution in [3.05, 3.63) is 23.2 Å². The Kier molecular flexibility index (Phi) is 4.24. The molecule has 0 bridgehead atoms. The fraction of sp³-hybridized carbons (Fsp3) is 0.500. The van der Waals surface area contributed by atoms with Gasteiger partial charge >= 0.3 is 0 Å². The molecular weight excluding hydrogens is 242 g/mol. The minimum atomic E-state index is 0.544. The number of thioether (sulfide) groups is 1. The number of hydrogen-bond acceptors (Lipinski definition) is 3. The fourth-order valence-electron chi connectivity index (χ4n) is 1.76. The minimum Gasteiger partial charge on any atom is -0.492 e. The molecule has 1 aliphatic heterocycles. The van der Waals surface area contributed by atoms with Crippen LogP contribution in [0, 0.1) is 0 Å². The van der Waals surface area contributed by atoms with Gasteiger partial charge in [0.05, 0.1) is 12.3 Å². The first kappa shape index (κ1) is 11.9. The number of hydrogen-bond donors (Lipinski definition) is 1. The molecule has 0 aliphatic carbocycles. The minimum absolute atomic E-state index is 0.544. The van der Waals surface area contributed by atoms with Gasteiger partial charge in [0.15, 0.2) is 0 Å². The van der Waals surface area contributed by atoms with Gasteiger partial charge in [0.2, 0.25) is 0 Å². The number of ether oxygens (including phenoxy) is 1. The monoisotopic (exact) mass is 257 g/mol. The summed E-state index contributed by atoms with van der Waals surface area (Å²) in [6, 6.07) is 6.27. The van der Waals surface area contributed by atoms with Crippen molar-refractivity contribution in [3.8, 4) is 5.75 Å². The number of nitrogens with one attached hydrogen (secondary N) is 1. The lowest BCUT2D eigenvalue weighted by Crippen LogP contribution is -2.18. The van der Waals surface area contributed by atoms with Crippen LogP contribution in [0.3, 0.4) is 0 Å². The molecule has 1 atom stereocenters. The summed E-state index contributed by atoms with van der Waals surface area (Å²) in [5, 5.41) is 4.25. The third-order valence-corrected chi connectivity index (χ3v) is 3.93. The summed E-state index contributed by atoms with van der Waals surface area (Å²) in [5.41, 5.74) is 1.02. The quantitative estimate of drug-likeness (QED) is 0.890. The molecule has 2 nitrogen and oxygen atoms in total. The topological polar surface area (TPSA) is 21.3 Å². The van der Waals surface area contributed by atoms with Crippen molar-refractivity contribution in [2.24, 2.45) is 0 Å².